The van der Waals surface area contributed by atoms with Crippen LogP contribution < -0.4 is 0 Å². The smallest absolute Gasteiger partial charge is 0.328 e. The number of carbonyl (C=O) groups excluding carboxylic acids is 1. The summed E-state index contributed by atoms with van der Waals surface area (Å²) >= 11 is 0. The number of ether oxygens (including phenoxy) is 1. The van der Waals surface area contributed by atoms with E-state index in [0.29, 0.717) is 0 Å². The molecule has 2 amide bonds. The zero-order chi connectivity index (χ0) is 10.0. The fourth-order valence-electron chi connectivity index (χ4n) is 1.13. The zero-order valence-electron chi connectivity index (χ0n) is 7.12. The SMILES string of the molecule is COCN1C(=O)N(CO)C(O)C1O. The van der Waals surface area contributed by atoms with Gasteiger partial charge < -0.3 is 20.1 Å². The lowest BCUT2D eigenvalue weighted by Crippen LogP contribution is -2.37. The van der Waals surface area contributed by atoms with E-state index < -0.39 is 25.2 Å². The van der Waals surface area contributed by atoms with Crippen molar-refractivity contribution in [1.29, 1.82) is 0 Å². The lowest BCUT2D eigenvalue weighted by molar-refractivity contribution is -0.0961. The minimum absolute atomic E-state index is 0.131. The number of rotatable bonds is 3. The van der Waals surface area contributed by atoms with Gasteiger partial charge in [-0.15, -0.1) is 0 Å². The molecular weight excluding hydrogens is 180 g/mol. The molecule has 1 fully saturated rings. The standard InChI is InChI=1S/C6H12N2O5/c1-13-3-8-5(11)4(10)7(2-9)6(8)12/h4-5,9-11H,2-3H2,1H3. The van der Waals surface area contributed by atoms with Crippen LogP contribution in [0.4, 0.5) is 4.79 Å². The molecule has 0 spiro atoms. The van der Waals surface area contributed by atoms with Crippen LogP contribution in [0.5, 0.6) is 0 Å². The van der Waals surface area contributed by atoms with Gasteiger partial charge in [0.1, 0.15) is 13.5 Å². The maximum Gasteiger partial charge on any atom is 0.328 e. The quantitative estimate of drug-likeness (QED) is 0.477. The molecule has 0 saturated carbocycles. The summed E-state index contributed by atoms with van der Waals surface area (Å²) in [5.74, 6) is 0. The molecule has 0 bridgehead atoms. The highest BCUT2D eigenvalue weighted by molar-refractivity contribution is 5.76. The first-order valence-corrected chi connectivity index (χ1v) is 3.66. The molecule has 2 unspecified atom stereocenters. The Labute approximate surface area is 74.7 Å². The van der Waals surface area contributed by atoms with E-state index in [1.54, 1.807) is 0 Å². The summed E-state index contributed by atoms with van der Waals surface area (Å²) in [5, 5.41) is 27.2. The molecule has 0 aromatic heterocycles. The van der Waals surface area contributed by atoms with Gasteiger partial charge in [-0.25, -0.2) is 4.79 Å². The Bertz CT molecular complexity index is 199. The summed E-state index contributed by atoms with van der Waals surface area (Å²) in [6, 6.07) is -0.663. The van der Waals surface area contributed by atoms with Crippen molar-refractivity contribution in [1.82, 2.24) is 9.80 Å². The van der Waals surface area contributed by atoms with Crippen molar-refractivity contribution in [3.63, 3.8) is 0 Å². The third-order valence-corrected chi connectivity index (χ3v) is 1.82. The van der Waals surface area contributed by atoms with Crippen LogP contribution in [0.2, 0.25) is 0 Å². The topological polar surface area (TPSA) is 93.5 Å². The minimum atomic E-state index is -1.41. The largest absolute Gasteiger partial charge is 0.376 e. The van der Waals surface area contributed by atoms with Crippen LogP contribution in [0.15, 0.2) is 0 Å². The highest BCUT2D eigenvalue weighted by Crippen LogP contribution is 2.18. The monoisotopic (exact) mass is 192 g/mol. The summed E-state index contributed by atoms with van der Waals surface area (Å²) in [6.07, 6.45) is -2.77. The number of urea groups is 1. The third kappa shape index (κ3) is 1.59. The maximum atomic E-state index is 11.2. The molecule has 1 heterocycles. The zero-order valence-corrected chi connectivity index (χ0v) is 7.12. The Morgan fingerprint density at radius 1 is 1.38 bits per heavy atom. The number of amides is 2. The van der Waals surface area contributed by atoms with Gasteiger partial charge >= 0.3 is 6.03 Å². The first kappa shape index (κ1) is 10.2. The first-order valence-electron chi connectivity index (χ1n) is 3.66. The van der Waals surface area contributed by atoms with Crippen LogP contribution in [0.25, 0.3) is 0 Å². The second-order valence-corrected chi connectivity index (χ2v) is 2.61. The molecular formula is C6H12N2O5. The van der Waals surface area contributed by atoms with E-state index in [1.165, 1.54) is 7.11 Å². The van der Waals surface area contributed by atoms with Gasteiger partial charge in [0.2, 0.25) is 0 Å². The normalized spacial score (nSPS) is 28.8. The van der Waals surface area contributed by atoms with Gasteiger partial charge in [0, 0.05) is 7.11 Å². The molecule has 7 nitrogen and oxygen atoms in total. The number of aliphatic hydroxyl groups is 3. The second-order valence-electron chi connectivity index (χ2n) is 2.61. The van der Waals surface area contributed by atoms with Crippen LogP contribution in [-0.2, 0) is 4.74 Å². The Balaban J connectivity index is 2.72. The van der Waals surface area contributed by atoms with Crippen molar-refractivity contribution in [3.8, 4) is 0 Å². The van der Waals surface area contributed by atoms with Crippen LogP contribution in [-0.4, -0.2) is 64.2 Å². The van der Waals surface area contributed by atoms with Crippen molar-refractivity contribution < 1.29 is 24.9 Å². The van der Waals surface area contributed by atoms with E-state index in [4.69, 9.17) is 5.11 Å². The third-order valence-electron chi connectivity index (χ3n) is 1.82. The summed E-state index contributed by atoms with van der Waals surface area (Å²) in [5.41, 5.74) is 0. The van der Waals surface area contributed by atoms with Crippen molar-refractivity contribution in [2.75, 3.05) is 20.6 Å². The number of nitrogens with zero attached hydrogens (tertiary/aromatic N) is 2. The summed E-state index contributed by atoms with van der Waals surface area (Å²) in [7, 11) is 1.36. The van der Waals surface area contributed by atoms with Crippen LogP contribution in [0.3, 0.4) is 0 Å². The molecule has 1 aliphatic rings. The lowest BCUT2D eigenvalue weighted by atomic mass is 10.5. The Kier molecular flexibility index (Phi) is 3.04. The number of hydrogen-bond acceptors (Lipinski definition) is 5. The molecule has 1 rings (SSSR count). The highest BCUT2D eigenvalue weighted by atomic mass is 16.5. The van der Waals surface area contributed by atoms with Crippen molar-refractivity contribution in [2.24, 2.45) is 0 Å². The average Bonchev–Trinajstić information content (AvgIpc) is 2.31. The van der Waals surface area contributed by atoms with Gasteiger partial charge in [-0.3, -0.25) is 9.80 Å². The average molecular weight is 192 g/mol. The Hall–Kier alpha value is -0.890. The van der Waals surface area contributed by atoms with E-state index in [-0.39, 0.29) is 6.73 Å². The van der Waals surface area contributed by atoms with E-state index in [1.807, 2.05) is 0 Å². The van der Waals surface area contributed by atoms with Crippen molar-refractivity contribution >= 4 is 6.03 Å². The number of aliphatic hydroxyl groups excluding tert-OH is 3. The Morgan fingerprint density at radius 3 is 2.31 bits per heavy atom. The molecule has 0 aliphatic carbocycles. The number of methoxy groups -OCH3 is 1. The fraction of sp³-hybridized carbons (Fsp3) is 0.833. The number of hydrogen-bond donors (Lipinski definition) is 3. The Morgan fingerprint density at radius 2 is 1.92 bits per heavy atom. The van der Waals surface area contributed by atoms with Gasteiger partial charge in [-0.1, -0.05) is 0 Å². The van der Waals surface area contributed by atoms with Crippen LogP contribution >= 0.6 is 0 Å². The molecule has 13 heavy (non-hydrogen) atoms. The van der Waals surface area contributed by atoms with Gasteiger partial charge in [-0.05, 0) is 0 Å². The molecule has 1 aliphatic heterocycles. The molecule has 3 N–H and O–H groups in total. The van der Waals surface area contributed by atoms with Gasteiger partial charge in [-0.2, -0.15) is 0 Å². The van der Waals surface area contributed by atoms with Crippen molar-refractivity contribution in [3.05, 3.63) is 0 Å². The minimum Gasteiger partial charge on any atom is -0.376 e. The molecule has 7 heteroatoms. The highest BCUT2D eigenvalue weighted by Gasteiger charge is 2.43. The van der Waals surface area contributed by atoms with E-state index in [9.17, 15) is 15.0 Å². The van der Waals surface area contributed by atoms with E-state index in [2.05, 4.69) is 4.74 Å². The predicted molar refractivity (Wildman–Crippen MR) is 40.0 cm³/mol. The van der Waals surface area contributed by atoms with Crippen molar-refractivity contribution in [2.45, 2.75) is 12.5 Å². The van der Waals surface area contributed by atoms with Crippen LogP contribution in [0, 0.1) is 0 Å². The molecule has 0 aromatic carbocycles. The second kappa shape index (κ2) is 3.88. The molecule has 0 aromatic rings. The van der Waals surface area contributed by atoms with Crippen LogP contribution in [0.1, 0.15) is 0 Å². The molecule has 2 atom stereocenters. The van der Waals surface area contributed by atoms with E-state index in [0.717, 1.165) is 9.80 Å². The summed E-state index contributed by atoms with van der Waals surface area (Å²) < 4.78 is 4.63. The molecule has 76 valence electrons. The fourth-order valence-corrected chi connectivity index (χ4v) is 1.13. The first-order chi connectivity index (χ1) is 6.13. The predicted octanol–water partition coefficient (Wildman–Crippen LogP) is -2.09. The molecule has 1 saturated heterocycles. The van der Waals surface area contributed by atoms with E-state index >= 15 is 0 Å². The van der Waals surface area contributed by atoms with Gasteiger partial charge in [0.25, 0.3) is 0 Å². The lowest BCUT2D eigenvalue weighted by Gasteiger charge is -2.17. The summed E-state index contributed by atoms with van der Waals surface area (Å²) in [6.45, 7) is -0.773. The van der Waals surface area contributed by atoms with Gasteiger partial charge in [0.15, 0.2) is 12.5 Å². The van der Waals surface area contributed by atoms with Gasteiger partial charge in [0.05, 0.1) is 0 Å². The summed E-state index contributed by atoms with van der Waals surface area (Å²) in [4.78, 5) is 12.9. The number of carbonyl (C=O) groups is 1. The maximum absolute atomic E-state index is 11.2. The molecule has 0 radical (unpaired) electrons.